The summed E-state index contributed by atoms with van der Waals surface area (Å²) < 4.78 is 5.23. The maximum atomic E-state index is 5.23. The third kappa shape index (κ3) is 3.01. The summed E-state index contributed by atoms with van der Waals surface area (Å²) in [7, 11) is 0. The average Bonchev–Trinajstić information content (AvgIpc) is 2.10. The quantitative estimate of drug-likeness (QED) is 0.459. The number of aliphatic imine (C=N–C) groups is 1. The van der Waals surface area contributed by atoms with Crippen LogP contribution < -0.4 is 5.32 Å². The first-order chi connectivity index (χ1) is 4.97. The Labute approximate surface area is 72.6 Å². The van der Waals surface area contributed by atoms with Gasteiger partial charge < -0.3 is 10.1 Å². The standard InChI is InChI=1S/C7H14N2OS/c1-5-4-10-6(8-5)9-7(2,3)11/h5,11H,4H2,1-3H3,(H,8,9)/t5-/m0/s1. The van der Waals surface area contributed by atoms with Crippen LogP contribution in [0, 0.1) is 0 Å². The molecule has 0 aromatic carbocycles. The third-order valence-corrected chi connectivity index (χ3v) is 1.32. The lowest BCUT2D eigenvalue weighted by Crippen LogP contribution is -2.38. The van der Waals surface area contributed by atoms with Crippen molar-refractivity contribution in [2.45, 2.75) is 31.7 Å². The first kappa shape index (κ1) is 8.71. The second-order valence-electron chi connectivity index (χ2n) is 3.28. The van der Waals surface area contributed by atoms with Gasteiger partial charge in [0, 0.05) is 0 Å². The lowest BCUT2D eigenvalue weighted by molar-refractivity contribution is 0.305. The van der Waals surface area contributed by atoms with E-state index in [4.69, 9.17) is 4.74 Å². The molecule has 1 aliphatic rings. The highest BCUT2D eigenvalue weighted by molar-refractivity contribution is 7.81. The Morgan fingerprint density at radius 2 is 2.36 bits per heavy atom. The molecule has 0 unspecified atom stereocenters. The number of nitrogens with one attached hydrogen (secondary N) is 1. The maximum absolute atomic E-state index is 5.23. The fraction of sp³-hybridized carbons (Fsp3) is 0.857. The minimum Gasteiger partial charge on any atom is -0.463 e. The summed E-state index contributed by atoms with van der Waals surface area (Å²) in [6.07, 6.45) is 0. The molecule has 0 aromatic rings. The van der Waals surface area contributed by atoms with Gasteiger partial charge in [0.1, 0.15) is 6.61 Å². The molecule has 0 aromatic heterocycles. The van der Waals surface area contributed by atoms with Gasteiger partial charge >= 0.3 is 0 Å². The van der Waals surface area contributed by atoms with E-state index < -0.39 is 0 Å². The summed E-state index contributed by atoms with van der Waals surface area (Å²) in [4.78, 5) is 3.95. The van der Waals surface area contributed by atoms with Crippen molar-refractivity contribution in [3.05, 3.63) is 0 Å². The van der Waals surface area contributed by atoms with Crippen LogP contribution in [-0.2, 0) is 4.74 Å². The smallest absolute Gasteiger partial charge is 0.286 e. The fourth-order valence-electron chi connectivity index (χ4n) is 0.804. The summed E-state index contributed by atoms with van der Waals surface area (Å²) in [5, 5.41) is 3.04. The molecular formula is C7H14N2OS. The zero-order valence-corrected chi connectivity index (χ0v) is 7.98. The van der Waals surface area contributed by atoms with E-state index in [-0.39, 0.29) is 10.9 Å². The van der Waals surface area contributed by atoms with Gasteiger partial charge in [0.05, 0.1) is 10.9 Å². The van der Waals surface area contributed by atoms with Gasteiger partial charge in [0.2, 0.25) is 0 Å². The molecule has 3 nitrogen and oxygen atoms in total. The number of hydrogen-bond acceptors (Lipinski definition) is 4. The molecule has 1 aliphatic heterocycles. The van der Waals surface area contributed by atoms with Gasteiger partial charge in [-0.25, -0.2) is 4.99 Å². The van der Waals surface area contributed by atoms with E-state index in [0.29, 0.717) is 12.6 Å². The largest absolute Gasteiger partial charge is 0.463 e. The van der Waals surface area contributed by atoms with Crippen molar-refractivity contribution in [3.8, 4) is 0 Å². The summed E-state index contributed by atoms with van der Waals surface area (Å²) in [6.45, 7) is 6.59. The molecule has 0 aliphatic carbocycles. The van der Waals surface area contributed by atoms with Crippen LogP contribution in [0.5, 0.6) is 0 Å². The Hall–Kier alpha value is -0.380. The van der Waals surface area contributed by atoms with Crippen LogP contribution in [0.25, 0.3) is 0 Å². The number of ether oxygens (including phenoxy) is 1. The second kappa shape index (κ2) is 2.93. The highest BCUT2D eigenvalue weighted by atomic mass is 32.1. The normalized spacial score (nSPS) is 24.4. The highest BCUT2D eigenvalue weighted by Crippen LogP contribution is 2.09. The number of rotatable bonds is 1. The van der Waals surface area contributed by atoms with E-state index in [1.165, 1.54) is 0 Å². The van der Waals surface area contributed by atoms with E-state index in [0.717, 1.165) is 0 Å². The molecule has 0 fully saturated rings. The van der Waals surface area contributed by atoms with Gasteiger partial charge in [-0.15, -0.1) is 0 Å². The zero-order chi connectivity index (χ0) is 8.48. The molecule has 0 amide bonds. The van der Waals surface area contributed by atoms with Crippen LogP contribution in [0.4, 0.5) is 0 Å². The van der Waals surface area contributed by atoms with E-state index in [1.54, 1.807) is 0 Å². The van der Waals surface area contributed by atoms with Crippen molar-refractivity contribution in [1.29, 1.82) is 0 Å². The monoisotopic (exact) mass is 174 g/mol. The average molecular weight is 174 g/mol. The van der Waals surface area contributed by atoms with E-state index in [1.807, 2.05) is 20.8 Å². The lowest BCUT2D eigenvalue weighted by atomic mass is 10.4. The van der Waals surface area contributed by atoms with Crippen LogP contribution in [0.2, 0.25) is 0 Å². The predicted molar refractivity (Wildman–Crippen MR) is 49.0 cm³/mol. The van der Waals surface area contributed by atoms with Crippen molar-refractivity contribution in [3.63, 3.8) is 0 Å². The Morgan fingerprint density at radius 1 is 1.73 bits per heavy atom. The number of hydrogen-bond donors (Lipinski definition) is 2. The molecule has 0 saturated carbocycles. The van der Waals surface area contributed by atoms with Crippen molar-refractivity contribution in [1.82, 2.24) is 5.32 Å². The Balaban J connectivity index is 2.45. The first-order valence-corrected chi connectivity index (χ1v) is 4.13. The van der Waals surface area contributed by atoms with Crippen molar-refractivity contribution >= 4 is 18.7 Å². The lowest BCUT2D eigenvalue weighted by Gasteiger charge is -2.19. The van der Waals surface area contributed by atoms with E-state index in [9.17, 15) is 0 Å². The minimum atomic E-state index is -0.261. The van der Waals surface area contributed by atoms with Gasteiger partial charge in [-0.05, 0) is 20.8 Å². The Kier molecular flexibility index (Phi) is 2.32. The number of amidine groups is 1. The van der Waals surface area contributed by atoms with Gasteiger partial charge in [-0.2, -0.15) is 12.6 Å². The second-order valence-corrected chi connectivity index (χ2v) is 4.40. The van der Waals surface area contributed by atoms with Crippen molar-refractivity contribution in [2.75, 3.05) is 6.61 Å². The highest BCUT2D eigenvalue weighted by Gasteiger charge is 2.19. The summed E-state index contributed by atoms with van der Waals surface area (Å²) in [6, 6.07) is 0.880. The van der Waals surface area contributed by atoms with Gasteiger partial charge in [0.25, 0.3) is 6.02 Å². The summed E-state index contributed by atoms with van der Waals surface area (Å²) in [5.41, 5.74) is 0. The van der Waals surface area contributed by atoms with Crippen LogP contribution in [-0.4, -0.2) is 23.5 Å². The topological polar surface area (TPSA) is 33.6 Å². The molecule has 1 N–H and O–H groups in total. The van der Waals surface area contributed by atoms with Crippen LogP contribution in [0.1, 0.15) is 20.8 Å². The molecule has 64 valence electrons. The Morgan fingerprint density at radius 3 is 2.73 bits per heavy atom. The zero-order valence-electron chi connectivity index (χ0n) is 7.09. The number of thiol groups is 1. The number of nitrogens with zero attached hydrogens (tertiary/aromatic N) is 1. The van der Waals surface area contributed by atoms with Crippen molar-refractivity contribution in [2.24, 2.45) is 4.99 Å². The molecule has 0 saturated heterocycles. The van der Waals surface area contributed by atoms with Crippen molar-refractivity contribution < 1.29 is 4.74 Å². The predicted octanol–water partition coefficient (Wildman–Crippen LogP) is 1.02. The molecule has 4 heteroatoms. The van der Waals surface area contributed by atoms with E-state index in [2.05, 4.69) is 22.9 Å². The van der Waals surface area contributed by atoms with Gasteiger partial charge in [-0.1, -0.05) is 0 Å². The molecule has 1 rings (SSSR count). The SMILES string of the molecule is C[C@H]1COC(NC(C)(C)S)=N1. The fourth-order valence-corrected chi connectivity index (χ4v) is 0.900. The Bertz CT molecular complexity index is 174. The summed E-state index contributed by atoms with van der Waals surface area (Å²) >= 11 is 4.29. The molecular weight excluding hydrogens is 160 g/mol. The van der Waals surface area contributed by atoms with Crippen LogP contribution in [0.15, 0.2) is 4.99 Å². The maximum Gasteiger partial charge on any atom is 0.286 e. The third-order valence-electron chi connectivity index (χ3n) is 1.21. The minimum absolute atomic E-state index is 0.261. The van der Waals surface area contributed by atoms with E-state index >= 15 is 0 Å². The summed E-state index contributed by atoms with van der Waals surface area (Å²) in [5.74, 6) is 0. The molecule has 0 bridgehead atoms. The van der Waals surface area contributed by atoms with Gasteiger partial charge in [0.15, 0.2) is 0 Å². The molecule has 1 atom stereocenters. The molecule has 11 heavy (non-hydrogen) atoms. The van der Waals surface area contributed by atoms with Crippen LogP contribution >= 0.6 is 12.6 Å². The molecule has 0 radical (unpaired) electrons. The molecule has 1 heterocycles. The first-order valence-electron chi connectivity index (χ1n) is 3.68. The van der Waals surface area contributed by atoms with Gasteiger partial charge in [-0.3, -0.25) is 0 Å². The molecule has 0 spiro atoms. The van der Waals surface area contributed by atoms with Crippen LogP contribution in [0.3, 0.4) is 0 Å².